The fourth-order valence-corrected chi connectivity index (χ4v) is 1.99. The van der Waals surface area contributed by atoms with Gasteiger partial charge in [-0.15, -0.1) is 0 Å². The van der Waals surface area contributed by atoms with Gasteiger partial charge in [-0.3, -0.25) is 0 Å². The van der Waals surface area contributed by atoms with Crippen LogP contribution in [0.1, 0.15) is 27.2 Å². The van der Waals surface area contributed by atoms with Gasteiger partial charge in [0.05, 0.1) is 0 Å². The lowest BCUT2D eigenvalue weighted by molar-refractivity contribution is -0.115. The third-order valence-electron chi connectivity index (χ3n) is 1.66. The monoisotopic (exact) mass is 142 g/mol. The zero-order chi connectivity index (χ0) is 7.28. The first kappa shape index (κ1) is 9.20. The molecule has 0 radical (unpaired) electrons. The maximum absolute atomic E-state index is 11.0. The molecule has 0 heterocycles. The Bertz CT molecular complexity index is 90.9. The van der Waals surface area contributed by atoms with E-state index in [-0.39, 0.29) is 15.2 Å². The number of rotatable bonds is 4. The third kappa shape index (κ3) is 3.73. The summed E-state index contributed by atoms with van der Waals surface area (Å²) in [5.41, 5.74) is 0. The van der Waals surface area contributed by atoms with Gasteiger partial charge in [0, 0.05) is 4.65 Å². The van der Waals surface area contributed by atoms with E-state index in [4.69, 9.17) is 0 Å². The summed E-state index contributed by atoms with van der Waals surface area (Å²) in [7, 11) is 0. The van der Waals surface area contributed by atoms with Crippen LogP contribution in [0.2, 0.25) is 5.28 Å². The average Bonchev–Trinajstić information content (AvgIpc) is 1.87. The van der Waals surface area contributed by atoms with Gasteiger partial charge >= 0.3 is 15.2 Å². The Labute approximate surface area is 63.5 Å². The molecule has 0 saturated heterocycles. The van der Waals surface area contributed by atoms with Crippen LogP contribution in [0.15, 0.2) is 0 Å². The average molecular weight is 142 g/mol. The Morgan fingerprint density at radius 2 is 2.11 bits per heavy atom. The highest BCUT2D eigenvalue weighted by atomic mass is 27.1. The summed E-state index contributed by atoms with van der Waals surface area (Å²) in [4.78, 5) is 11.0. The summed E-state index contributed by atoms with van der Waals surface area (Å²) in [5, 5.41) is 1.13. The number of carbonyl (C=O) groups excluding carboxylic acids is 1. The van der Waals surface area contributed by atoms with Crippen molar-refractivity contribution in [3.8, 4) is 0 Å². The first-order chi connectivity index (χ1) is 4.22. The van der Waals surface area contributed by atoms with Gasteiger partial charge in [0.2, 0.25) is 0 Å². The smallest absolute Gasteiger partial charge is 0.321 e. The normalized spacial score (nSPS) is 12.8. The molecule has 0 fully saturated rings. The SMILES string of the molecule is C[CH2][AlH][C](=O)C(C)CC. The zero-order valence-electron chi connectivity index (χ0n) is 6.61. The van der Waals surface area contributed by atoms with Crippen molar-refractivity contribution in [2.45, 2.75) is 32.5 Å². The summed E-state index contributed by atoms with van der Waals surface area (Å²) in [6.45, 7) is 6.21. The van der Waals surface area contributed by atoms with E-state index in [9.17, 15) is 4.79 Å². The molecule has 0 aliphatic rings. The van der Waals surface area contributed by atoms with Crippen molar-refractivity contribution in [1.29, 1.82) is 0 Å². The van der Waals surface area contributed by atoms with E-state index in [1.165, 1.54) is 0 Å². The second kappa shape index (κ2) is 5.02. The fourth-order valence-electron chi connectivity index (χ4n) is 0.720. The van der Waals surface area contributed by atoms with Crippen LogP contribution >= 0.6 is 0 Å². The molecule has 0 bridgehead atoms. The number of hydrogen-bond donors (Lipinski definition) is 0. The highest BCUT2D eigenvalue weighted by Crippen LogP contribution is 2.01. The molecule has 0 aliphatic carbocycles. The third-order valence-corrected chi connectivity index (χ3v) is 3.35. The lowest BCUT2D eigenvalue weighted by Crippen LogP contribution is -2.16. The van der Waals surface area contributed by atoms with Gasteiger partial charge in [-0.25, -0.2) is 0 Å². The minimum atomic E-state index is -0.351. The molecule has 0 amide bonds. The minimum absolute atomic E-state index is 0.344. The summed E-state index contributed by atoms with van der Waals surface area (Å²) in [5.74, 6) is 0.344. The van der Waals surface area contributed by atoms with Crippen LogP contribution in [-0.2, 0) is 4.79 Å². The van der Waals surface area contributed by atoms with E-state index in [1.807, 2.05) is 6.92 Å². The fraction of sp³-hybridized carbons (Fsp3) is 0.857. The molecule has 52 valence electrons. The molecule has 0 spiro atoms. The number of hydrogen-bond acceptors (Lipinski definition) is 1. The van der Waals surface area contributed by atoms with E-state index in [2.05, 4.69) is 13.8 Å². The lowest BCUT2D eigenvalue weighted by atomic mass is 10.1. The van der Waals surface area contributed by atoms with Gasteiger partial charge in [-0.05, 0) is 12.3 Å². The van der Waals surface area contributed by atoms with Crippen LogP contribution in [0.4, 0.5) is 0 Å². The van der Waals surface area contributed by atoms with E-state index in [0.29, 0.717) is 10.6 Å². The van der Waals surface area contributed by atoms with Crippen molar-refractivity contribution in [2.24, 2.45) is 5.92 Å². The van der Waals surface area contributed by atoms with Crippen LogP contribution in [0.5, 0.6) is 0 Å². The summed E-state index contributed by atoms with van der Waals surface area (Å²) in [6.07, 6.45) is 1.02. The van der Waals surface area contributed by atoms with Crippen LogP contribution in [0.3, 0.4) is 0 Å². The van der Waals surface area contributed by atoms with Gasteiger partial charge in [0.15, 0.2) is 0 Å². The van der Waals surface area contributed by atoms with Gasteiger partial charge in [0.1, 0.15) is 0 Å². The maximum atomic E-state index is 11.0. The molecule has 0 rings (SSSR count). The standard InChI is InChI=1S/C5H9O.C2H5.Al.H/c1-3-5(2)4-6;1-2;;/h5H,3H2,1-2H3;1H2,2H3;;. The van der Waals surface area contributed by atoms with Gasteiger partial charge < -0.3 is 4.79 Å². The quantitative estimate of drug-likeness (QED) is 0.543. The van der Waals surface area contributed by atoms with Crippen LogP contribution in [0, 0.1) is 5.92 Å². The first-order valence-corrected chi connectivity index (χ1v) is 5.45. The molecule has 2 heteroatoms. The molecule has 1 nitrogen and oxygen atoms in total. The Morgan fingerprint density at radius 1 is 1.56 bits per heavy atom. The van der Waals surface area contributed by atoms with Crippen molar-refractivity contribution in [2.75, 3.05) is 0 Å². The first-order valence-electron chi connectivity index (χ1n) is 3.75. The second-order valence-corrected chi connectivity index (χ2v) is 4.72. The molecule has 1 unspecified atom stereocenters. The molecule has 0 N–H and O–H groups in total. The number of carbonyl (C=O) groups is 1. The maximum Gasteiger partial charge on any atom is 0.342 e. The topological polar surface area (TPSA) is 17.1 Å². The molecular weight excluding hydrogens is 127 g/mol. The summed E-state index contributed by atoms with van der Waals surface area (Å²) < 4.78 is 0.556. The van der Waals surface area contributed by atoms with Crippen LogP contribution in [0.25, 0.3) is 0 Å². The van der Waals surface area contributed by atoms with E-state index >= 15 is 0 Å². The van der Waals surface area contributed by atoms with Crippen molar-refractivity contribution in [3.63, 3.8) is 0 Å². The van der Waals surface area contributed by atoms with Crippen LogP contribution in [-0.4, -0.2) is 19.9 Å². The van der Waals surface area contributed by atoms with E-state index in [1.54, 1.807) is 0 Å². The highest BCUT2D eigenvalue weighted by molar-refractivity contribution is 6.74. The Kier molecular flexibility index (Phi) is 5.14. The van der Waals surface area contributed by atoms with E-state index < -0.39 is 0 Å². The summed E-state index contributed by atoms with van der Waals surface area (Å²) >= 11 is -0.351. The molecule has 0 saturated carbocycles. The Morgan fingerprint density at radius 3 is 2.44 bits per heavy atom. The van der Waals surface area contributed by atoms with Gasteiger partial charge in [-0.2, -0.15) is 0 Å². The van der Waals surface area contributed by atoms with Crippen LogP contribution < -0.4 is 0 Å². The molecule has 9 heavy (non-hydrogen) atoms. The zero-order valence-corrected chi connectivity index (χ0v) is 8.02. The molecule has 0 aromatic heterocycles. The predicted octanol–water partition coefficient (Wildman–Crippen LogP) is 1.43. The van der Waals surface area contributed by atoms with Crippen molar-refractivity contribution in [1.82, 2.24) is 0 Å². The Balaban J connectivity index is 3.46. The minimum Gasteiger partial charge on any atom is -0.321 e. The molecule has 0 aliphatic heterocycles. The van der Waals surface area contributed by atoms with Crippen molar-refractivity contribution in [3.05, 3.63) is 0 Å². The lowest BCUT2D eigenvalue weighted by Gasteiger charge is -2.03. The molecule has 0 aromatic carbocycles. The molecular formula is C7H15AlO. The predicted molar refractivity (Wildman–Crippen MR) is 42.1 cm³/mol. The van der Waals surface area contributed by atoms with Crippen molar-refractivity contribution < 1.29 is 4.79 Å². The summed E-state index contributed by atoms with van der Waals surface area (Å²) in [6, 6.07) is 0. The second-order valence-electron chi connectivity index (χ2n) is 2.53. The highest BCUT2D eigenvalue weighted by Gasteiger charge is 2.09. The van der Waals surface area contributed by atoms with Crippen molar-refractivity contribution >= 4 is 19.9 Å². The Hall–Kier alpha value is 0.202. The molecule has 0 aromatic rings. The largest absolute Gasteiger partial charge is 0.342 e. The van der Waals surface area contributed by atoms with E-state index in [0.717, 1.165) is 11.7 Å². The molecule has 1 atom stereocenters. The van der Waals surface area contributed by atoms with Gasteiger partial charge in [-0.1, -0.05) is 26.1 Å². The van der Waals surface area contributed by atoms with Gasteiger partial charge in [0.25, 0.3) is 0 Å².